The Hall–Kier alpha value is -4.92. The number of hydrogen-bond acceptors (Lipinski definition) is 5. The van der Waals surface area contributed by atoms with Crippen molar-refractivity contribution in [3.8, 4) is 28.7 Å². The highest BCUT2D eigenvalue weighted by atomic mass is 19.1. The van der Waals surface area contributed by atoms with Gasteiger partial charge in [-0.25, -0.2) is 18.8 Å². The molecule has 0 heterocycles. The Bertz CT molecular complexity index is 1620. The average Bonchev–Trinajstić information content (AvgIpc) is 3.03. The van der Waals surface area contributed by atoms with Gasteiger partial charge in [0.15, 0.2) is 34.6 Å². The summed E-state index contributed by atoms with van der Waals surface area (Å²) in [4.78, 5) is 12.9. The van der Waals surface area contributed by atoms with Gasteiger partial charge in [0, 0.05) is 33.3 Å². The van der Waals surface area contributed by atoms with Crippen LogP contribution in [-0.4, -0.2) is 56.8 Å². The minimum atomic E-state index is -0.418. The number of benzene rings is 4. The lowest BCUT2D eigenvalue weighted by molar-refractivity contribution is 0.371. The number of methoxy groups -OCH3 is 1. The van der Waals surface area contributed by atoms with Crippen molar-refractivity contribution in [2.75, 3.05) is 34.3 Å². The zero-order chi connectivity index (χ0) is 32.9. The van der Waals surface area contributed by atoms with Crippen LogP contribution in [0.15, 0.2) is 82.8 Å². The lowest BCUT2D eigenvalue weighted by atomic mass is 10.1. The minimum absolute atomic E-state index is 0.159. The SMILES string of the molecule is CCN(C)C=Nc1cc(C)c(Oc2ccccc2F)cc1C.CCN(C)C=Nc1cc(OC)c(Oc2ccccc2F)cc1C. The summed E-state index contributed by atoms with van der Waals surface area (Å²) in [7, 11) is 5.47. The topological polar surface area (TPSA) is 58.9 Å². The van der Waals surface area contributed by atoms with Gasteiger partial charge in [-0.15, -0.1) is 0 Å². The zero-order valence-electron chi connectivity index (χ0n) is 27.3. The molecule has 0 aromatic heterocycles. The molecule has 9 heteroatoms. The summed E-state index contributed by atoms with van der Waals surface area (Å²) in [6.07, 6.45) is 3.57. The van der Waals surface area contributed by atoms with Crippen molar-refractivity contribution in [1.29, 1.82) is 0 Å². The molecule has 0 saturated carbocycles. The first-order valence-electron chi connectivity index (χ1n) is 14.7. The van der Waals surface area contributed by atoms with Gasteiger partial charge in [0.2, 0.25) is 0 Å². The molecule has 0 saturated heterocycles. The Morgan fingerprint density at radius 2 is 1.04 bits per heavy atom. The summed E-state index contributed by atoms with van der Waals surface area (Å²) >= 11 is 0. The molecule has 0 bridgehead atoms. The maximum absolute atomic E-state index is 13.7. The summed E-state index contributed by atoms with van der Waals surface area (Å²) in [5.74, 6) is 1.21. The van der Waals surface area contributed by atoms with E-state index in [9.17, 15) is 8.78 Å². The van der Waals surface area contributed by atoms with Gasteiger partial charge in [0.1, 0.15) is 5.75 Å². The molecule has 45 heavy (non-hydrogen) atoms. The van der Waals surface area contributed by atoms with Crippen molar-refractivity contribution >= 4 is 24.1 Å². The fourth-order valence-corrected chi connectivity index (χ4v) is 3.83. The van der Waals surface area contributed by atoms with Gasteiger partial charge in [0.25, 0.3) is 0 Å². The first-order valence-corrected chi connectivity index (χ1v) is 14.7. The van der Waals surface area contributed by atoms with E-state index in [2.05, 4.69) is 16.9 Å². The molecule has 4 aromatic carbocycles. The Morgan fingerprint density at radius 3 is 1.51 bits per heavy atom. The van der Waals surface area contributed by atoms with Crippen LogP contribution in [0.25, 0.3) is 0 Å². The van der Waals surface area contributed by atoms with Gasteiger partial charge in [0.05, 0.1) is 31.2 Å². The predicted molar refractivity (Wildman–Crippen MR) is 180 cm³/mol. The van der Waals surface area contributed by atoms with Gasteiger partial charge in [-0.1, -0.05) is 24.3 Å². The maximum Gasteiger partial charge on any atom is 0.169 e. The van der Waals surface area contributed by atoms with Gasteiger partial charge in [-0.3, -0.25) is 0 Å². The van der Waals surface area contributed by atoms with E-state index in [1.165, 1.54) is 12.1 Å². The van der Waals surface area contributed by atoms with Crippen LogP contribution in [0.1, 0.15) is 30.5 Å². The molecular weight excluding hydrogens is 574 g/mol. The van der Waals surface area contributed by atoms with E-state index in [4.69, 9.17) is 14.2 Å². The van der Waals surface area contributed by atoms with Crippen LogP contribution in [0.5, 0.6) is 28.7 Å². The molecule has 4 rings (SSSR count). The maximum atomic E-state index is 13.7. The molecule has 0 aliphatic carbocycles. The molecule has 0 unspecified atom stereocenters. The minimum Gasteiger partial charge on any atom is -0.493 e. The van der Waals surface area contributed by atoms with E-state index in [-0.39, 0.29) is 17.3 Å². The molecule has 0 fully saturated rings. The van der Waals surface area contributed by atoms with Gasteiger partial charge in [-0.2, -0.15) is 0 Å². The highest BCUT2D eigenvalue weighted by Gasteiger charge is 2.12. The number of aryl methyl sites for hydroxylation is 3. The van der Waals surface area contributed by atoms with Crippen LogP contribution in [0.2, 0.25) is 0 Å². The molecule has 0 amide bonds. The highest BCUT2D eigenvalue weighted by molar-refractivity contribution is 5.66. The van der Waals surface area contributed by atoms with Crippen LogP contribution >= 0.6 is 0 Å². The van der Waals surface area contributed by atoms with E-state index in [0.717, 1.165) is 41.2 Å². The first kappa shape index (κ1) is 34.6. The van der Waals surface area contributed by atoms with Crippen molar-refractivity contribution in [1.82, 2.24) is 9.80 Å². The first-order chi connectivity index (χ1) is 21.6. The summed E-state index contributed by atoms with van der Waals surface area (Å²) < 4.78 is 44.1. The monoisotopic (exact) mass is 616 g/mol. The molecule has 0 aliphatic heterocycles. The number of aliphatic imine (C=N–C) groups is 2. The smallest absolute Gasteiger partial charge is 0.169 e. The van der Waals surface area contributed by atoms with Crippen molar-refractivity contribution in [2.45, 2.75) is 34.6 Å². The van der Waals surface area contributed by atoms with E-state index in [0.29, 0.717) is 17.2 Å². The second-order valence-electron chi connectivity index (χ2n) is 10.4. The molecular formula is C36H42F2N4O3. The fraction of sp³-hybridized carbons (Fsp3) is 0.278. The van der Waals surface area contributed by atoms with Crippen LogP contribution in [0.4, 0.5) is 20.2 Å². The van der Waals surface area contributed by atoms with Gasteiger partial charge in [-0.05, 0) is 93.8 Å². The summed E-state index contributed by atoms with van der Waals surface area (Å²) in [5, 5.41) is 0. The van der Waals surface area contributed by atoms with Crippen LogP contribution in [0, 0.1) is 32.4 Å². The molecule has 0 atom stereocenters. The fourth-order valence-electron chi connectivity index (χ4n) is 3.83. The van der Waals surface area contributed by atoms with Crippen molar-refractivity contribution in [3.05, 3.63) is 101 Å². The van der Waals surface area contributed by atoms with E-state index >= 15 is 0 Å². The number of halogens is 2. The second kappa shape index (κ2) is 16.8. The number of nitrogens with zero attached hydrogens (tertiary/aromatic N) is 4. The Labute approximate surface area is 265 Å². The zero-order valence-corrected chi connectivity index (χ0v) is 27.3. The van der Waals surface area contributed by atoms with Gasteiger partial charge < -0.3 is 24.0 Å². The van der Waals surface area contributed by atoms with Crippen LogP contribution in [-0.2, 0) is 0 Å². The summed E-state index contributed by atoms with van der Waals surface area (Å²) in [5.41, 5.74) is 4.48. The predicted octanol–water partition coefficient (Wildman–Crippen LogP) is 9.39. The molecule has 7 nitrogen and oxygen atoms in total. The lowest BCUT2D eigenvalue weighted by Crippen LogP contribution is -2.14. The largest absolute Gasteiger partial charge is 0.493 e. The summed E-state index contributed by atoms with van der Waals surface area (Å²) in [6, 6.07) is 20.1. The quantitative estimate of drug-likeness (QED) is 0.124. The molecule has 0 spiro atoms. The average molecular weight is 617 g/mol. The van der Waals surface area contributed by atoms with E-state index in [1.54, 1.807) is 68.3 Å². The lowest BCUT2D eigenvalue weighted by Gasteiger charge is -2.14. The molecule has 4 aromatic rings. The van der Waals surface area contributed by atoms with E-state index in [1.807, 2.05) is 63.7 Å². The molecule has 0 N–H and O–H groups in total. The third kappa shape index (κ3) is 10.1. The highest BCUT2D eigenvalue weighted by Crippen LogP contribution is 2.38. The van der Waals surface area contributed by atoms with Crippen molar-refractivity contribution in [2.24, 2.45) is 9.98 Å². The Morgan fingerprint density at radius 1 is 0.600 bits per heavy atom. The van der Waals surface area contributed by atoms with Crippen molar-refractivity contribution < 1.29 is 23.0 Å². The number of hydrogen-bond donors (Lipinski definition) is 0. The Kier molecular flexibility index (Phi) is 12.9. The number of para-hydroxylation sites is 2. The third-order valence-corrected chi connectivity index (χ3v) is 6.87. The number of ether oxygens (including phenoxy) is 3. The van der Waals surface area contributed by atoms with Crippen molar-refractivity contribution in [3.63, 3.8) is 0 Å². The number of rotatable bonds is 11. The van der Waals surface area contributed by atoms with Crippen LogP contribution in [0.3, 0.4) is 0 Å². The Balaban J connectivity index is 0.000000246. The second-order valence-corrected chi connectivity index (χ2v) is 10.4. The summed E-state index contributed by atoms with van der Waals surface area (Å²) in [6.45, 7) is 11.7. The third-order valence-electron chi connectivity index (χ3n) is 6.87. The normalized spacial score (nSPS) is 10.9. The molecule has 0 radical (unpaired) electrons. The standard InChI is InChI=1S/C18H21FN2O2.C18H21FN2O/c1-5-21(3)12-20-15-11-17(22-4)18(10-13(15)2)23-16-9-7-6-8-14(16)19;1-5-21(4)12-20-16-10-14(3)18(11-13(16)2)22-17-9-7-6-8-15(17)19/h6-12H,5H2,1-4H3;6-12H,5H2,1-4H3. The van der Waals surface area contributed by atoms with Gasteiger partial charge >= 0.3 is 0 Å². The van der Waals surface area contributed by atoms with E-state index < -0.39 is 5.82 Å². The van der Waals surface area contributed by atoms with Crippen LogP contribution < -0.4 is 14.2 Å². The molecule has 238 valence electrons. The molecule has 0 aliphatic rings.